The number of carbonyl (C=O) groups is 1. The van der Waals surface area contributed by atoms with Crippen molar-refractivity contribution in [3.8, 4) is 10.6 Å². The molecule has 0 bridgehead atoms. The average Bonchev–Trinajstić information content (AvgIpc) is 3.39. The lowest BCUT2D eigenvalue weighted by molar-refractivity contribution is -0.908. The third-order valence-electron chi connectivity index (χ3n) is 5.00. The molecule has 31 heavy (non-hydrogen) atoms. The number of fused-ring (bicyclic) bond motifs is 1. The SMILES string of the molecule is O=C(NCCC[NH+]1CCOCC1)c1nn2c(C(F)(F)F)cc(-c3cccs3)nc2c1Cl. The van der Waals surface area contributed by atoms with Crippen LogP contribution < -0.4 is 10.2 Å². The van der Waals surface area contributed by atoms with Gasteiger partial charge in [-0.05, 0) is 17.5 Å². The average molecular weight is 475 g/mol. The Hall–Kier alpha value is -2.21. The highest BCUT2D eigenvalue weighted by atomic mass is 35.5. The number of carbonyl (C=O) groups excluding carboxylic acids is 1. The Bertz CT molecular complexity index is 1060. The van der Waals surface area contributed by atoms with Crippen LogP contribution in [0.2, 0.25) is 5.02 Å². The summed E-state index contributed by atoms with van der Waals surface area (Å²) in [5.41, 5.74) is -1.40. The number of rotatable bonds is 6. The topological polar surface area (TPSA) is 73.0 Å². The van der Waals surface area contributed by atoms with Crippen LogP contribution in [-0.2, 0) is 10.9 Å². The normalized spacial score (nSPS) is 15.5. The zero-order chi connectivity index (χ0) is 22.0. The summed E-state index contributed by atoms with van der Waals surface area (Å²) < 4.78 is 46.9. The molecule has 0 aromatic carbocycles. The van der Waals surface area contributed by atoms with E-state index in [2.05, 4.69) is 15.4 Å². The molecule has 0 radical (unpaired) electrons. The number of ether oxygens (including phenoxy) is 1. The molecule has 1 aliphatic rings. The van der Waals surface area contributed by atoms with Crippen LogP contribution in [0.4, 0.5) is 13.2 Å². The molecule has 3 aromatic heterocycles. The number of nitrogens with zero attached hydrogens (tertiary/aromatic N) is 3. The predicted octanol–water partition coefficient (Wildman–Crippen LogP) is 2.17. The van der Waals surface area contributed by atoms with E-state index < -0.39 is 17.8 Å². The van der Waals surface area contributed by atoms with E-state index in [0.29, 0.717) is 15.9 Å². The van der Waals surface area contributed by atoms with Gasteiger partial charge in [-0.3, -0.25) is 4.79 Å². The number of thiophene rings is 1. The number of morpholine rings is 1. The van der Waals surface area contributed by atoms with Crippen molar-refractivity contribution in [3.63, 3.8) is 0 Å². The molecule has 4 heterocycles. The first kappa shape index (κ1) is 22.0. The molecule has 1 saturated heterocycles. The summed E-state index contributed by atoms with van der Waals surface area (Å²) >= 11 is 7.51. The molecule has 0 unspecified atom stereocenters. The molecule has 0 spiro atoms. The van der Waals surface area contributed by atoms with Crippen LogP contribution in [0.5, 0.6) is 0 Å². The summed E-state index contributed by atoms with van der Waals surface area (Å²) in [4.78, 5) is 18.7. The predicted molar refractivity (Wildman–Crippen MR) is 110 cm³/mol. The maximum atomic E-state index is 13.7. The van der Waals surface area contributed by atoms with Gasteiger partial charge in [0.2, 0.25) is 0 Å². The van der Waals surface area contributed by atoms with Crippen molar-refractivity contribution < 1.29 is 27.6 Å². The van der Waals surface area contributed by atoms with Gasteiger partial charge in [0.15, 0.2) is 17.0 Å². The molecule has 0 aliphatic carbocycles. The Morgan fingerprint density at radius 2 is 2.13 bits per heavy atom. The molecule has 3 aromatic rings. The summed E-state index contributed by atoms with van der Waals surface area (Å²) in [7, 11) is 0. The second-order valence-corrected chi connectivity index (χ2v) is 8.45. The number of hydrogen-bond acceptors (Lipinski definition) is 5. The molecule has 0 atom stereocenters. The van der Waals surface area contributed by atoms with E-state index in [1.165, 1.54) is 16.2 Å². The largest absolute Gasteiger partial charge is 0.433 e. The standard InChI is InChI=1S/C19H19ClF3N5O2S/c20-15-16(18(29)24-4-2-5-27-6-8-30-9-7-27)26-28-14(19(21,22)23)11-12(25-17(15)28)13-3-1-10-31-13/h1,3,10-11H,2,4-9H2,(H,24,29)/p+1. The lowest BCUT2D eigenvalue weighted by Gasteiger charge is -2.23. The fourth-order valence-corrected chi connectivity index (χ4v) is 4.36. The molecular formula is C19H20ClF3N5O2S+. The lowest BCUT2D eigenvalue weighted by Crippen LogP contribution is -3.14. The van der Waals surface area contributed by atoms with Gasteiger partial charge in [-0.1, -0.05) is 17.7 Å². The van der Waals surface area contributed by atoms with Gasteiger partial charge in [-0.15, -0.1) is 11.3 Å². The summed E-state index contributed by atoms with van der Waals surface area (Å²) in [6, 6.07) is 4.29. The van der Waals surface area contributed by atoms with Crippen LogP contribution in [0.3, 0.4) is 0 Å². The van der Waals surface area contributed by atoms with Crippen LogP contribution in [0.1, 0.15) is 22.6 Å². The van der Waals surface area contributed by atoms with Gasteiger partial charge in [0, 0.05) is 13.0 Å². The van der Waals surface area contributed by atoms with E-state index in [1.54, 1.807) is 17.5 Å². The molecule has 12 heteroatoms. The number of nitrogens with one attached hydrogen (secondary N) is 2. The minimum absolute atomic E-state index is 0.122. The van der Waals surface area contributed by atoms with Gasteiger partial charge in [0.25, 0.3) is 5.91 Å². The van der Waals surface area contributed by atoms with Crippen LogP contribution >= 0.6 is 22.9 Å². The van der Waals surface area contributed by atoms with Gasteiger partial charge in [0.1, 0.15) is 18.1 Å². The molecule has 4 rings (SSSR count). The van der Waals surface area contributed by atoms with Gasteiger partial charge in [-0.25, -0.2) is 9.50 Å². The first-order chi connectivity index (χ1) is 14.8. The van der Waals surface area contributed by atoms with Crippen molar-refractivity contribution in [3.05, 3.63) is 40.0 Å². The summed E-state index contributed by atoms with van der Waals surface area (Å²) in [6.45, 7) is 4.52. The minimum Gasteiger partial charge on any atom is -0.370 e. The number of alkyl halides is 3. The highest BCUT2D eigenvalue weighted by Crippen LogP contribution is 2.35. The van der Waals surface area contributed by atoms with Crippen molar-refractivity contribution in [1.29, 1.82) is 0 Å². The molecule has 2 N–H and O–H groups in total. The molecule has 1 aliphatic heterocycles. The number of quaternary nitrogens is 1. The van der Waals surface area contributed by atoms with Crippen molar-refractivity contribution in [2.75, 3.05) is 39.4 Å². The van der Waals surface area contributed by atoms with E-state index in [9.17, 15) is 18.0 Å². The zero-order valence-electron chi connectivity index (χ0n) is 16.3. The first-order valence-corrected chi connectivity index (χ1v) is 11.0. The van der Waals surface area contributed by atoms with Crippen LogP contribution in [-0.4, -0.2) is 59.9 Å². The molecular weight excluding hydrogens is 455 g/mol. The van der Waals surface area contributed by atoms with Gasteiger partial charge in [0.05, 0.1) is 30.3 Å². The van der Waals surface area contributed by atoms with Crippen LogP contribution in [0, 0.1) is 0 Å². The quantitative estimate of drug-likeness (QED) is 0.537. The van der Waals surface area contributed by atoms with E-state index in [4.69, 9.17) is 16.3 Å². The Kier molecular flexibility index (Phi) is 6.47. The number of amides is 1. The van der Waals surface area contributed by atoms with E-state index in [1.807, 2.05) is 0 Å². The van der Waals surface area contributed by atoms with Gasteiger partial charge >= 0.3 is 6.18 Å². The number of aromatic nitrogens is 3. The Balaban J connectivity index is 1.55. The molecule has 7 nitrogen and oxygen atoms in total. The number of hydrogen-bond donors (Lipinski definition) is 2. The van der Waals surface area contributed by atoms with Crippen LogP contribution in [0.25, 0.3) is 16.2 Å². The van der Waals surface area contributed by atoms with E-state index in [0.717, 1.165) is 45.3 Å². The second-order valence-electron chi connectivity index (χ2n) is 7.12. The molecule has 0 saturated carbocycles. The smallest absolute Gasteiger partial charge is 0.370 e. The van der Waals surface area contributed by atoms with Crippen molar-refractivity contribution in [2.45, 2.75) is 12.6 Å². The number of halogens is 4. The summed E-state index contributed by atoms with van der Waals surface area (Å²) in [5, 5.41) is 8.06. The Morgan fingerprint density at radius 1 is 1.35 bits per heavy atom. The maximum absolute atomic E-state index is 13.7. The van der Waals surface area contributed by atoms with Gasteiger partial charge in [-0.2, -0.15) is 18.3 Å². The fraction of sp³-hybridized carbons (Fsp3) is 0.421. The van der Waals surface area contributed by atoms with Gasteiger partial charge < -0.3 is 15.0 Å². The zero-order valence-corrected chi connectivity index (χ0v) is 17.9. The first-order valence-electron chi connectivity index (χ1n) is 9.74. The van der Waals surface area contributed by atoms with Crippen molar-refractivity contribution >= 4 is 34.5 Å². The monoisotopic (exact) mass is 474 g/mol. The fourth-order valence-electron chi connectivity index (χ4n) is 3.42. The Labute approximate surface area is 184 Å². The summed E-state index contributed by atoms with van der Waals surface area (Å²) in [6.07, 6.45) is -3.97. The molecule has 1 fully saturated rings. The second kappa shape index (κ2) is 9.11. The van der Waals surface area contributed by atoms with Crippen molar-refractivity contribution in [2.24, 2.45) is 0 Å². The highest BCUT2D eigenvalue weighted by Gasteiger charge is 2.36. The van der Waals surface area contributed by atoms with E-state index >= 15 is 0 Å². The highest BCUT2D eigenvalue weighted by molar-refractivity contribution is 7.13. The maximum Gasteiger partial charge on any atom is 0.433 e. The van der Waals surface area contributed by atoms with Crippen molar-refractivity contribution in [1.82, 2.24) is 19.9 Å². The third-order valence-corrected chi connectivity index (χ3v) is 6.24. The minimum atomic E-state index is -4.70. The van der Waals surface area contributed by atoms with E-state index in [-0.39, 0.29) is 22.1 Å². The lowest BCUT2D eigenvalue weighted by atomic mass is 10.2. The Morgan fingerprint density at radius 3 is 2.81 bits per heavy atom. The molecule has 166 valence electrons. The molecule has 1 amide bonds. The summed E-state index contributed by atoms with van der Waals surface area (Å²) in [5.74, 6) is -0.627. The van der Waals surface area contributed by atoms with Crippen LogP contribution in [0.15, 0.2) is 23.6 Å². The third kappa shape index (κ3) is 4.84.